The largest absolute Gasteiger partial charge is 0.393 e. The number of rotatable bonds is 23. The van der Waals surface area contributed by atoms with Crippen molar-refractivity contribution in [3.63, 3.8) is 0 Å². The Morgan fingerprint density at radius 1 is 0.964 bits per heavy atom. The van der Waals surface area contributed by atoms with Gasteiger partial charge in [0.05, 0.1) is 53.8 Å². The summed E-state index contributed by atoms with van der Waals surface area (Å²) in [6.45, 7) is 12.0. The van der Waals surface area contributed by atoms with Crippen LogP contribution in [0.25, 0.3) is 0 Å². The fourth-order valence-electron chi connectivity index (χ4n) is 8.67. The lowest BCUT2D eigenvalue weighted by Gasteiger charge is -2.40. The number of benzene rings is 1. The van der Waals surface area contributed by atoms with E-state index in [1.807, 2.05) is 82.1 Å². The number of amides is 2. The molecule has 12 heteroatoms. The first-order chi connectivity index (χ1) is 26.1. The van der Waals surface area contributed by atoms with Gasteiger partial charge in [-0.2, -0.15) is 0 Å². The fourth-order valence-corrected chi connectivity index (χ4v) is 9.41. The smallest absolute Gasteiger partial charge is 0.228 e. The molecule has 2 heterocycles. The number of Topliss-reactive ketones (excluding diaryl/α,β-unsaturated/α-hetero) is 2. The zero-order valence-corrected chi connectivity index (χ0v) is 36.0. The van der Waals surface area contributed by atoms with Crippen molar-refractivity contribution in [2.45, 2.75) is 129 Å². The fraction of sp³-hybridized carbons (Fsp3) is 0.698. The maximum absolute atomic E-state index is 14.3. The van der Waals surface area contributed by atoms with Crippen molar-refractivity contribution in [1.82, 2.24) is 19.7 Å². The van der Waals surface area contributed by atoms with E-state index >= 15 is 0 Å². The molecule has 1 aromatic heterocycles. The molecular weight excluding hydrogens is 717 g/mol. The molecule has 11 nitrogen and oxygen atoms in total. The highest BCUT2D eigenvalue weighted by Gasteiger charge is 2.43. The molecule has 0 radical (unpaired) electrons. The molecule has 1 saturated heterocycles. The second-order valence-electron chi connectivity index (χ2n) is 16.2. The molecule has 1 aromatic carbocycles. The van der Waals surface area contributed by atoms with Gasteiger partial charge in [0, 0.05) is 64.1 Å². The van der Waals surface area contributed by atoms with E-state index in [1.165, 1.54) is 0 Å². The van der Waals surface area contributed by atoms with Crippen LogP contribution in [-0.2, 0) is 35.1 Å². The molecular formula is C43H68N4O7S. The van der Waals surface area contributed by atoms with Gasteiger partial charge in [-0.3, -0.25) is 24.1 Å². The van der Waals surface area contributed by atoms with E-state index < -0.39 is 36.2 Å². The normalized spacial score (nSPS) is 19.7. The van der Waals surface area contributed by atoms with Gasteiger partial charge >= 0.3 is 0 Å². The van der Waals surface area contributed by atoms with E-state index in [4.69, 9.17) is 9.47 Å². The number of nitrogens with zero attached hydrogens (tertiary/aromatic N) is 4. The van der Waals surface area contributed by atoms with Crippen molar-refractivity contribution in [2.24, 2.45) is 23.7 Å². The Hall–Kier alpha value is -3.03. The average molecular weight is 785 g/mol. The number of hydrogen-bond donors (Lipinski definition) is 1. The molecule has 3 rings (SSSR count). The van der Waals surface area contributed by atoms with Gasteiger partial charge in [-0.25, -0.2) is 4.98 Å². The number of likely N-dealkylation sites (N-methyl/N-ethyl adjacent to an activating group) is 2. The average Bonchev–Trinajstić information content (AvgIpc) is 3.87. The second-order valence-corrected chi connectivity index (χ2v) is 17.1. The minimum atomic E-state index is -1.05. The van der Waals surface area contributed by atoms with Gasteiger partial charge in [-0.15, -0.1) is 11.3 Å². The van der Waals surface area contributed by atoms with Crippen LogP contribution in [0.5, 0.6) is 0 Å². The van der Waals surface area contributed by atoms with Crippen LogP contribution < -0.4 is 0 Å². The third kappa shape index (κ3) is 12.2. The van der Waals surface area contributed by atoms with E-state index in [9.17, 15) is 24.3 Å². The number of aliphatic hydroxyl groups is 1. The predicted molar refractivity (Wildman–Crippen MR) is 218 cm³/mol. The third-order valence-corrected chi connectivity index (χ3v) is 12.7. The molecule has 0 saturated carbocycles. The summed E-state index contributed by atoms with van der Waals surface area (Å²) in [7, 11) is 8.54. The molecule has 0 aliphatic carbocycles. The van der Waals surface area contributed by atoms with Crippen molar-refractivity contribution in [1.29, 1.82) is 0 Å². The molecule has 0 bridgehead atoms. The predicted octanol–water partition coefficient (Wildman–Crippen LogP) is 5.89. The Balaban J connectivity index is 1.79. The van der Waals surface area contributed by atoms with Gasteiger partial charge < -0.3 is 24.4 Å². The zero-order chi connectivity index (χ0) is 41.0. The lowest BCUT2D eigenvalue weighted by Crippen LogP contribution is -2.54. The zero-order valence-electron chi connectivity index (χ0n) is 35.1. The number of methoxy groups -OCH3 is 2. The van der Waals surface area contributed by atoms with Crippen LogP contribution in [0.15, 0.2) is 41.9 Å². The van der Waals surface area contributed by atoms with E-state index in [-0.39, 0.29) is 66.1 Å². The summed E-state index contributed by atoms with van der Waals surface area (Å²) >= 11 is 1.56. The van der Waals surface area contributed by atoms with E-state index in [1.54, 1.807) is 50.6 Å². The maximum Gasteiger partial charge on any atom is 0.228 e. The highest BCUT2D eigenvalue weighted by molar-refractivity contribution is 7.09. The first kappa shape index (κ1) is 46.4. The van der Waals surface area contributed by atoms with Gasteiger partial charge in [-0.05, 0) is 57.7 Å². The minimum absolute atomic E-state index is 0.0237. The third-order valence-electron chi connectivity index (χ3n) is 11.8. The Labute approximate surface area is 334 Å². The minimum Gasteiger partial charge on any atom is -0.393 e. The molecule has 0 unspecified atom stereocenters. The topological polar surface area (TPSA) is 130 Å². The van der Waals surface area contributed by atoms with Gasteiger partial charge in [0.2, 0.25) is 11.8 Å². The van der Waals surface area contributed by atoms with Crippen LogP contribution in [0.1, 0.15) is 96.6 Å². The second kappa shape index (κ2) is 22.1. The van der Waals surface area contributed by atoms with Crippen LogP contribution in [0.4, 0.5) is 0 Å². The number of ketones is 2. The van der Waals surface area contributed by atoms with Gasteiger partial charge in [0.1, 0.15) is 5.78 Å². The van der Waals surface area contributed by atoms with Gasteiger partial charge in [-0.1, -0.05) is 71.4 Å². The van der Waals surface area contributed by atoms with Crippen molar-refractivity contribution in [2.75, 3.05) is 41.9 Å². The van der Waals surface area contributed by atoms with Crippen LogP contribution in [0.3, 0.4) is 0 Å². The molecule has 2 aromatic rings. The Bertz CT molecular complexity index is 1480. The van der Waals surface area contributed by atoms with Crippen LogP contribution in [0.2, 0.25) is 0 Å². The maximum atomic E-state index is 14.3. The summed E-state index contributed by atoms with van der Waals surface area (Å²) < 4.78 is 12.1. The number of likely N-dealkylation sites (tertiary alicyclic amines) is 1. The van der Waals surface area contributed by atoms with Crippen molar-refractivity contribution in [3.8, 4) is 0 Å². The number of carbonyl (C=O) groups excluding carboxylic acids is 4. The molecule has 10 atom stereocenters. The quantitative estimate of drug-likeness (QED) is 0.147. The van der Waals surface area contributed by atoms with Gasteiger partial charge in [0.15, 0.2) is 5.78 Å². The summed E-state index contributed by atoms with van der Waals surface area (Å²) in [5.74, 6) is -1.97. The molecule has 1 aliphatic rings. The summed E-state index contributed by atoms with van der Waals surface area (Å²) in [5, 5.41) is 13.7. The van der Waals surface area contributed by atoms with Gasteiger partial charge in [0.25, 0.3) is 0 Å². The molecule has 1 aliphatic heterocycles. The van der Waals surface area contributed by atoms with Crippen LogP contribution in [-0.4, -0.2) is 127 Å². The number of aliphatic hydroxyl groups excluding tert-OH is 1. The molecule has 0 spiro atoms. The van der Waals surface area contributed by atoms with Crippen LogP contribution in [0, 0.1) is 23.7 Å². The molecule has 2 amide bonds. The summed E-state index contributed by atoms with van der Waals surface area (Å²) in [6.07, 6.45) is 2.75. The number of aromatic nitrogens is 1. The van der Waals surface area contributed by atoms with Crippen molar-refractivity contribution >= 4 is 34.7 Å². The van der Waals surface area contributed by atoms with E-state index in [0.29, 0.717) is 32.2 Å². The van der Waals surface area contributed by atoms with E-state index in [0.717, 1.165) is 17.0 Å². The Morgan fingerprint density at radius 3 is 2.16 bits per heavy atom. The lowest BCUT2D eigenvalue weighted by molar-refractivity contribution is -0.150. The van der Waals surface area contributed by atoms with Crippen molar-refractivity contribution < 1.29 is 33.8 Å². The number of thiazole rings is 1. The van der Waals surface area contributed by atoms with Crippen molar-refractivity contribution in [3.05, 3.63) is 52.5 Å². The van der Waals surface area contributed by atoms with E-state index in [2.05, 4.69) is 17.1 Å². The first-order valence-electron chi connectivity index (χ1n) is 20.0. The summed E-state index contributed by atoms with van der Waals surface area (Å²) in [6, 6.07) is 8.96. The molecule has 55 heavy (non-hydrogen) atoms. The number of ether oxygens (including phenoxy) is 2. The summed E-state index contributed by atoms with van der Waals surface area (Å²) in [5.41, 5.74) is 1.15. The van der Waals surface area contributed by atoms with Crippen LogP contribution >= 0.6 is 11.3 Å². The first-order valence-corrected chi connectivity index (χ1v) is 20.9. The highest BCUT2D eigenvalue weighted by Crippen LogP contribution is 2.33. The molecule has 1 N–H and O–H groups in total. The number of carbonyl (C=O) groups is 4. The molecule has 1 fully saturated rings. The standard InChI is InChI=1S/C43H68N4O7S/c1-12-28(4)40(46(9)43(52)33(30(6)48)25-36(50)39(27(2)3)45(7)8)37(53-10)26-38(51)47-21-16-19-34(47)41(54-11)29(5)35(49)24-32(42-44-20-22-55-42)23-31-17-14-13-15-18-31/h13-15,17-18,20,22,27-30,32-34,37,39-41,48H,12,16,19,21,23-26H2,1-11H3/t28-,29-,30-,32+,33-,34-,37+,39-,40-,41+/m0/s1. The SMILES string of the molecule is CC[C@H](C)[C@@H]([C@@H](CC(=O)N1CCC[C@H]1[C@H](OC)[C@@H](C)C(=O)C[C@@H](Cc1ccccc1)c1nccs1)OC)N(C)C(=O)[C@@H](CC(=O)[C@H](C(C)C)N(C)C)[C@H](C)O. The summed E-state index contributed by atoms with van der Waals surface area (Å²) in [4.78, 5) is 65.8. The molecule has 308 valence electrons. The Kier molecular flexibility index (Phi) is 18.6. The lowest BCUT2D eigenvalue weighted by atomic mass is 9.85. The highest BCUT2D eigenvalue weighted by atomic mass is 32.1. The monoisotopic (exact) mass is 784 g/mol. The number of hydrogen-bond acceptors (Lipinski definition) is 10. The Morgan fingerprint density at radius 2 is 1.64 bits per heavy atom.